The Morgan fingerprint density at radius 1 is 0.966 bits per heavy atom. The van der Waals surface area contributed by atoms with Crippen LogP contribution in [0.4, 0.5) is 0 Å². The highest BCUT2D eigenvalue weighted by molar-refractivity contribution is 9.10. The summed E-state index contributed by atoms with van der Waals surface area (Å²) in [6.07, 6.45) is 0. The van der Waals surface area contributed by atoms with Gasteiger partial charge in [-0.15, -0.1) is 0 Å². The second-order valence-electron chi connectivity index (χ2n) is 6.53. The molecule has 0 aromatic heterocycles. The molecule has 0 N–H and O–H groups in total. The van der Waals surface area contributed by atoms with Crippen LogP contribution in [-0.4, -0.2) is 52.0 Å². The number of carbonyl (C=O) groups is 1. The van der Waals surface area contributed by atoms with E-state index in [1.807, 2.05) is 35.2 Å². The molecule has 1 aliphatic rings. The number of rotatable bonds is 8. The minimum atomic E-state index is -0.312. The van der Waals surface area contributed by atoms with Crippen molar-refractivity contribution in [1.82, 2.24) is 4.90 Å². The van der Waals surface area contributed by atoms with Crippen molar-refractivity contribution in [3.63, 3.8) is 0 Å². The number of nitrogens with zero attached hydrogens (tertiary/aromatic N) is 1. The van der Waals surface area contributed by atoms with Gasteiger partial charge >= 0.3 is 5.97 Å². The van der Waals surface area contributed by atoms with E-state index in [9.17, 15) is 4.79 Å². The first-order valence-electron chi connectivity index (χ1n) is 9.11. The number of fused-ring (bicyclic) bond motifs is 1. The number of hydrogen-bond donors (Lipinski definition) is 0. The molecule has 29 heavy (non-hydrogen) atoms. The highest BCUT2D eigenvalue weighted by Gasteiger charge is 2.19. The van der Waals surface area contributed by atoms with Crippen molar-refractivity contribution in [2.75, 3.05) is 41.1 Å². The molecule has 8 heteroatoms. The van der Waals surface area contributed by atoms with E-state index >= 15 is 0 Å². The SMILES string of the molecule is COC(=O)CN(Cc1cc(OC)cc(OC)c1)Cc1cc2c(cc1Br)OCCO2. The van der Waals surface area contributed by atoms with E-state index in [0.29, 0.717) is 49.3 Å². The van der Waals surface area contributed by atoms with Gasteiger partial charge in [0, 0.05) is 23.6 Å². The van der Waals surface area contributed by atoms with Gasteiger partial charge in [-0.05, 0) is 35.4 Å². The second kappa shape index (κ2) is 9.84. The fourth-order valence-corrected chi connectivity index (χ4v) is 3.55. The lowest BCUT2D eigenvalue weighted by molar-refractivity contribution is -0.142. The van der Waals surface area contributed by atoms with Gasteiger partial charge in [0.05, 0.1) is 27.9 Å². The molecule has 7 nitrogen and oxygen atoms in total. The first kappa shape index (κ1) is 21.3. The van der Waals surface area contributed by atoms with Gasteiger partial charge < -0.3 is 23.7 Å². The molecule has 2 aromatic rings. The molecule has 0 atom stereocenters. The summed E-state index contributed by atoms with van der Waals surface area (Å²) in [6.45, 7) is 2.20. The number of carbonyl (C=O) groups excluding carboxylic acids is 1. The summed E-state index contributed by atoms with van der Waals surface area (Å²) < 4.78 is 27.8. The summed E-state index contributed by atoms with van der Waals surface area (Å²) in [4.78, 5) is 14.0. The zero-order valence-electron chi connectivity index (χ0n) is 16.7. The zero-order chi connectivity index (χ0) is 20.8. The molecule has 0 amide bonds. The van der Waals surface area contributed by atoms with Crippen LogP contribution in [-0.2, 0) is 22.6 Å². The van der Waals surface area contributed by atoms with Gasteiger partial charge in [0.25, 0.3) is 0 Å². The number of esters is 1. The molecule has 0 saturated carbocycles. The van der Waals surface area contributed by atoms with E-state index in [1.54, 1.807) is 14.2 Å². The summed E-state index contributed by atoms with van der Waals surface area (Å²) in [6, 6.07) is 9.49. The standard InChI is InChI=1S/C21H24BrNO6/c1-25-16-6-14(7-17(9-16)26-2)11-23(13-21(24)27-3)12-15-8-19-20(10-18(15)22)29-5-4-28-19/h6-10H,4-5,11-13H2,1-3H3. The van der Waals surface area contributed by atoms with E-state index in [2.05, 4.69) is 15.9 Å². The van der Waals surface area contributed by atoms with Gasteiger partial charge in [0.2, 0.25) is 0 Å². The predicted octanol–water partition coefficient (Wildman–Crippen LogP) is 3.41. The Hall–Kier alpha value is -2.45. The Labute approximate surface area is 178 Å². The summed E-state index contributed by atoms with van der Waals surface area (Å²) in [5, 5.41) is 0. The molecule has 0 bridgehead atoms. The average molecular weight is 466 g/mol. The van der Waals surface area contributed by atoms with Crippen molar-refractivity contribution >= 4 is 21.9 Å². The molecular formula is C21H24BrNO6. The van der Waals surface area contributed by atoms with Gasteiger partial charge in [-0.3, -0.25) is 9.69 Å². The summed E-state index contributed by atoms with van der Waals surface area (Å²) >= 11 is 3.60. The highest BCUT2D eigenvalue weighted by Crippen LogP contribution is 2.36. The van der Waals surface area contributed by atoms with Crippen molar-refractivity contribution in [2.45, 2.75) is 13.1 Å². The molecule has 0 fully saturated rings. The first-order valence-corrected chi connectivity index (χ1v) is 9.90. The largest absolute Gasteiger partial charge is 0.497 e. The Morgan fingerprint density at radius 3 is 2.17 bits per heavy atom. The molecule has 2 aromatic carbocycles. The molecule has 156 valence electrons. The van der Waals surface area contributed by atoms with E-state index < -0.39 is 0 Å². The van der Waals surface area contributed by atoms with E-state index in [4.69, 9.17) is 23.7 Å². The fourth-order valence-electron chi connectivity index (χ4n) is 3.10. The fraction of sp³-hybridized carbons (Fsp3) is 0.381. The lowest BCUT2D eigenvalue weighted by Gasteiger charge is -2.24. The van der Waals surface area contributed by atoms with Crippen molar-refractivity contribution in [3.8, 4) is 23.0 Å². The molecule has 0 aliphatic carbocycles. The highest BCUT2D eigenvalue weighted by atomic mass is 79.9. The number of halogens is 1. The summed E-state index contributed by atoms with van der Waals surface area (Å²) in [7, 11) is 4.60. The number of ether oxygens (including phenoxy) is 5. The zero-order valence-corrected chi connectivity index (χ0v) is 18.3. The van der Waals surface area contributed by atoms with Crippen LogP contribution < -0.4 is 18.9 Å². The third kappa shape index (κ3) is 5.55. The van der Waals surface area contributed by atoms with Gasteiger partial charge in [-0.2, -0.15) is 0 Å². The van der Waals surface area contributed by atoms with Gasteiger partial charge in [-0.25, -0.2) is 0 Å². The summed E-state index contributed by atoms with van der Waals surface area (Å²) in [5.41, 5.74) is 1.94. The smallest absolute Gasteiger partial charge is 0.319 e. The number of hydrogen-bond acceptors (Lipinski definition) is 7. The molecule has 0 saturated heterocycles. The van der Waals surface area contributed by atoms with Gasteiger partial charge in [0.1, 0.15) is 24.7 Å². The first-order chi connectivity index (χ1) is 14.0. The van der Waals surface area contributed by atoms with E-state index in [0.717, 1.165) is 15.6 Å². The Morgan fingerprint density at radius 2 is 1.59 bits per heavy atom. The van der Waals surface area contributed by atoms with Gasteiger partial charge in [0.15, 0.2) is 11.5 Å². The van der Waals surface area contributed by atoms with Crippen molar-refractivity contribution < 1.29 is 28.5 Å². The third-order valence-electron chi connectivity index (χ3n) is 4.50. The quantitative estimate of drug-likeness (QED) is 0.553. The Bertz CT molecular complexity index is 850. The van der Waals surface area contributed by atoms with Crippen LogP contribution in [0.1, 0.15) is 11.1 Å². The maximum atomic E-state index is 12.0. The van der Waals surface area contributed by atoms with E-state index in [-0.39, 0.29) is 12.5 Å². The Balaban J connectivity index is 1.85. The van der Waals surface area contributed by atoms with Crippen LogP contribution in [0.5, 0.6) is 23.0 Å². The number of benzene rings is 2. The maximum Gasteiger partial charge on any atom is 0.319 e. The molecule has 0 radical (unpaired) electrons. The molecule has 0 spiro atoms. The lowest BCUT2D eigenvalue weighted by Crippen LogP contribution is -2.30. The molecular weight excluding hydrogens is 442 g/mol. The maximum absolute atomic E-state index is 12.0. The van der Waals surface area contributed by atoms with Crippen LogP contribution in [0, 0.1) is 0 Å². The average Bonchev–Trinajstić information content (AvgIpc) is 2.73. The van der Waals surface area contributed by atoms with Crippen molar-refractivity contribution in [1.29, 1.82) is 0 Å². The molecule has 1 heterocycles. The predicted molar refractivity (Wildman–Crippen MR) is 111 cm³/mol. The van der Waals surface area contributed by atoms with Crippen molar-refractivity contribution in [2.24, 2.45) is 0 Å². The van der Waals surface area contributed by atoms with Crippen LogP contribution in [0.25, 0.3) is 0 Å². The molecule has 3 rings (SSSR count). The lowest BCUT2D eigenvalue weighted by atomic mass is 10.1. The summed E-state index contributed by atoms with van der Waals surface area (Å²) in [5.74, 6) is 2.49. The number of methoxy groups -OCH3 is 3. The Kier molecular flexibility index (Phi) is 7.22. The second-order valence-corrected chi connectivity index (χ2v) is 7.38. The van der Waals surface area contributed by atoms with Crippen LogP contribution >= 0.6 is 15.9 Å². The minimum absolute atomic E-state index is 0.136. The van der Waals surface area contributed by atoms with Crippen LogP contribution in [0.15, 0.2) is 34.8 Å². The van der Waals surface area contributed by atoms with E-state index in [1.165, 1.54) is 7.11 Å². The van der Waals surface area contributed by atoms with Crippen LogP contribution in [0.2, 0.25) is 0 Å². The molecule has 0 unspecified atom stereocenters. The molecule has 1 aliphatic heterocycles. The topological polar surface area (TPSA) is 66.5 Å². The minimum Gasteiger partial charge on any atom is -0.497 e. The monoisotopic (exact) mass is 465 g/mol. The van der Waals surface area contributed by atoms with Crippen molar-refractivity contribution in [3.05, 3.63) is 45.9 Å². The van der Waals surface area contributed by atoms with Crippen LogP contribution in [0.3, 0.4) is 0 Å². The third-order valence-corrected chi connectivity index (χ3v) is 5.24. The van der Waals surface area contributed by atoms with Gasteiger partial charge in [-0.1, -0.05) is 15.9 Å². The normalized spacial score (nSPS) is 12.6.